The van der Waals surface area contributed by atoms with Crippen molar-refractivity contribution in [3.05, 3.63) is 11.8 Å². The van der Waals surface area contributed by atoms with Crippen molar-refractivity contribution in [1.82, 2.24) is 4.90 Å². The minimum Gasteiger partial charge on any atom is -0.501 e. The van der Waals surface area contributed by atoms with Gasteiger partial charge in [0.15, 0.2) is 0 Å². The number of nitrogens with zero attached hydrogens (tertiary/aromatic N) is 2. The van der Waals surface area contributed by atoms with Crippen LogP contribution >= 0.6 is 0 Å². The number of morpholine rings is 1. The van der Waals surface area contributed by atoms with Gasteiger partial charge in [0.25, 0.3) is 0 Å². The highest BCUT2D eigenvalue weighted by Crippen LogP contribution is 2.37. The number of hydrogen-bond acceptors (Lipinski definition) is 4. The zero-order chi connectivity index (χ0) is 14.1. The molecular formula is C16H26N2O2. The van der Waals surface area contributed by atoms with Gasteiger partial charge in [0.2, 0.25) is 0 Å². The molecule has 0 N–H and O–H groups in total. The van der Waals surface area contributed by atoms with Gasteiger partial charge in [-0.3, -0.25) is 9.89 Å². The second-order valence-corrected chi connectivity index (χ2v) is 6.42. The first kappa shape index (κ1) is 14.1. The summed E-state index contributed by atoms with van der Waals surface area (Å²) >= 11 is 0. The summed E-state index contributed by atoms with van der Waals surface area (Å²) in [5.74, 6) is 1.58. The van der Waals surface area contributed by atoms with E-state index in [9.17, 15) is 0 Å². The quantitative estimate of drug-likeness (QED) is 0.777. The molecule has 0 amide bonds. The fraction of sp³-hybridized carbons (Fsp3) is 0.812. The van der Waals surface area contributed by atoms with Gasteiger partial charge in [0.1, 0.15) is 5.76 Å². The first-order valence-electron chi connectivity index (χ1n) is 7.84. The van der Waals surface area contributed by atoms with Crippen LogP contribution in [0, 0.1) is 5.92 Å². The van der Waals surface area contributed by atoms with Crippen molar-refractivity contribution in [2.75, 3.05) is 20.2 Å². The predicted molar refractivity (Wildman–Crippen MR) is 80.1 cm³/mol. The summed E-state index contributed by atoms with van der Waals surface area (Å²) < 4.78 is 11.4. The molecule has 0 radical (unpaired) electrons. The van der Waals surface area contributed by atoms with E-state index in [1.54, 1.807) is 7.11 Å². The molecule has 0 aromatic heterocycles. The Hall–Kier alpha value is -0.870. The van der Waals surface area contributed by atoms with Crippen LogP contribution in [-0.2, 0) is 9.47 Å². The molecule has 0 aromatic carbocycles. The summed E-state index contributed by atoms with van der Waals surface area (Å²) in [4.78, 5) is 7.26. The largest absolute Gasteiger partial charge is 0.501 e. The third-order valence-corrected chi connectivity index (χ3v) is 4.87. The van der Waals surface area contributed by atoms with Crippen molar-refractivity contribution in [2.45, 2.75) is 57.4 Å². The highest BCUT2D eigenvalue weighted by Gasteiger charge is 2.38. The first-order valence-corrected chi connectivity index (χ1v) is 7.84. The van der Waals surface area contributed by atoms with E-state index in [2.05, 4.69) is 23.7 Å². The van der Waals surface area contributed by atoms with Gasteiger partial charge in [-0.1, -0.05) is 0 Å². The zero-order valence-corrected chi connectivity index (χ0v) is 12.8. The Kier molecular flexibility index (Phi) is 4.13. The molecule has 2 heterocycles. The Bertz CT molecular complexity index is 397. The van der Waals surface area contributed by atoms with Crippen molar-refractivity contribution in [3.63, 3.8) is 0 Å². The summed E-state index contributed by atoms with van der Waals surface area (Å²) in [6.07, 6.45) is 8.23. The van der Waals surface area contributed by atoms with Crippen molar-refractivity contribution in [2.24, 2.45) is 10.9 Å². The Balaban J connectivity index is 1.68. The molecule has 2 fully saturated rings. The predicted octanol–water partition coefficient (Wildman–Crippen LogP) is 2.25. The topological polar surface area (TPSA) is 34.1 Å². The van der Waals surface area contributed by atoms with Crippen LogP contribution in [0.3, 0.4) is 0 Å². The molecule has 2 aliphatic heterocycles. The van der Waals surface area contributed by atoms with Crippen molar-refractivity contribution in [1.29, 1.82) is 0 Å². The molecule has 112 valence electrons. The number of methoxy groups -OCH3 is 1. The summed E-state index contributed by atoms with van der Waals surface area (Å²) in [5.41, 5.74) is 0. The maximum atomic E-state index is 5.85. The van der Waals surface area contributed by atoms with E-state index < -0.39 is 0 Å². The van der Waals surface area contributed by atoms with Crippen LogP contribution in [0.5, 0.6) is 0 Å². The third-order valence-electron chi connectivity index (χ3n) is 4.87. The second-order valence-electron chi connectivity index (χ2n) is 6.42. The lowest BCUT2D eigenvalue weighted by Gasteiger charge is -2.45. The molecule has 1 aliphatic carbocycles. The Morgan fingerprint density at radius 3 is 2.70 bits per heavy atom. The molecule has 3 rings (SSSR count). The summed E-state index contributed by atoms with van der Waals surface area (Å²) in [5, 5.41) is 0. The normalized spacial score (nSPS) is 42.0. The molecule has 1 saturated carbocycles. The summed E-state index contributed by atoms with van der Waals surface area (Å²) in [7, 11) is 1.78. The van der Waals surface area contributed by atoms with Crippen LogP contribution in [0.2, 0.25) is 0 Å². The standard InChI is InChI=1S/C16H26N2O2/c1-11-9-18(10-12(2)20-11)13-4-5-15-14(8-13)16(19-3)6-7-17-15/h6-7,11-15H,4-5,8-10H2,1-3H3. The Labute approximate surface area is 121 Å². The molecule has 0 spiro atoms. The monoisotopic (exact) mass is 278 g/mol. The lowest BCUT2D eigenvalue weighted by atomic mass is 9.78. The second kappa shape index (κ2) is 5.86. The minimum atomic E-state index is 0.346. The van der Waals surface area contributed by atoms with Crippen LogP contribution in [0.4, 0.5) is 0 Å². The molecule has 1 saturated heterocycles. The SMILES string of the molecule is COC1=CC=NC2CCC(N3CC(C)OC(C)C3)CC12. The highest BCUT2D eigenvalue weighted by atomic mass is 16.5. The van der Waals surface area contributed by atoms with Crippen molar-refractivity contribution in [3.8, 4) is 0 Å². The number of allylic oxidation sites excluding steroid dienone is 1. The van der Waals surface area contributed by atoms with Crippen LogP contribution in [0.25, 0.3) is 0 Å². The maximum absolute atomic E-state index is 5.85. The van der Waals surface area contributed by atoms with Gasteiger partial charge in [0, 0.05) is 31.3 Å². The molecule has 20 heavy (non-hydrogen) atoms. The minimum absolute atomic E-state index is 0.346. The fourth-order valence-electron chi connectivity index (χ4n) is 4.03. The Morgan fingerprint density at radius 2 is 2.00 bits per heavy atom. The van der Waals surface area contributed by atoms with Gasteiger partial charge >= 0.3 is 0 Å². The van der Waals surface area contributed by atoms with Crippen LogP contribution in [-0.4, -0.2) is 55.6 Å². The van der Waals surface area contributed by atoms with Crippen molar-refractivity contribution >= 4 is 6.21 Å². The van der Waals surface area contributed by atoms with Crippen LogP contribution < -0.4 is 0 Å². The molecule has 5 atom stereocenters. The molecular weight excluding hydrogens is 252 g/mol. The van der Waals surface area contributed by atoms with Crippen LogP contribution in [0.1, 0.15) is 33.1 Å². The lowest BCUT2D eigenvalue weighted by molar-refractivity contribution is -0.0869. The number of fused-ring (bicyclic) bond motifs is 1. The van der Waals surface area contributed by atoms with Gasteiger partial charge in [-0.2, -0.15) is 0 Å². The van der Waals surface area contributed by atoms with E-state index in [4.69, 9.17) is 9.47 Å². The molecule has 0 aromatic rings. The molecule has 4 heteroatoms. The van der Waals surface area contributed by atoms with Gasteiger partial charge in [-0.25, -0.2) is 0 Å². The van der Waals surface area contributed by atoms with E-state index >= 15 is 0 Å². The molecule has 5 unspecified atom stereocenters. The van der Waals surface area contributed by atoms with E-state index in [1.807, 2.05) is 12.3 Å². The average molecular weight is 278 g/mol. The van der Waals surface area contributed by atoms with Gasteiger partial charge in [0.05, 0.1) is 25.4 Å². The zero-order valence-electron chi connectivity index (χ0n) is 12.8. The van der Waals surface area contributed by atoms with E-state index in [0.29, 0.717) is 30.2 Å². The van der Waals surface area contributed by atoms with Crippen molar-refractivity contribution < 1.29 is 9.47 Å². The van der Waals surface area contributed by atoms with Gasteiger partial charge in [-0.15, -0.1) is 0 Å². The molecule has 0 bridgehead atoms. The molecule has 4 nitrogen and oxygen atoms in total. The smallest absolute Gasteiger partial charge is 0.102 e. The highest BCUT2D eigenvalue weighted by molar-refractivity contribution is 5.73. The number of ether oxygens (including phenoxy) is 2. The Morgan fingerprint density at radius 1 is 1.25 bits per heavy atom. The van der Waals surface area contributed by atoms with E-state index in [0.717, 1.165) is 18.8 Å². The average Bonchev–Trinajstić information content (AvgIpc) is 2.45. The maximum Gasteiger partial charge on any atom is 0.102 e. The number of rotatable bonds is 2. The first-order chi connectivity index (χ1) is 9.67. The van der Waals surface area contributed by atoms with Gasteiger partial charge < -0.3 is 9.47 Å². The van der Waals surface area contributed by atoms with E-state index in [-0.39, 0.29) is 0 Å². The van der Waals surface area contributed by atoms with Gasteiger partial charge in [-0.05, 0) is 39.2 Å². The third kappa shape index (κ3) is 2.77. The number of aliphatic imine (C=N–C) groups is 1. The molecule has 3 aliphatic rings. The summed E-state index contributed by atoms with van der Waals surface area (Å²) in [6.45, 7) is 6.47. The lowest BCUT2D eigenvalue weighted by Crippen LogP contribution is -2.52. The van der Waals surface area contributed by atoms with Crippen LogP contribution in [0.15, 0.2) is 16.8 Å². The number of dihydropyridines is 1. The fourth-order valence-corrected chi connectivity index (χ4v) is 4.03. The summed E-state index contributed by atoms with van der Waals surface area (Å²) in [6, 6.07) is 1.08. The number of hydrogen-bond donors (Lipinski definition) is 0. The van der Waals surface area contributed by atoms with E-state index in [1.165, 1.54) is 19.3 Å².